The van der Waals surface area contributed by atoms with Gasteiger partial charge in [0.05, 0.1) is 4.71 Å². The molecule has 0 saturated heterocycles. The Kier molecular flexibility index (Phi) is 4.21. The van der Waals surface area contributed by atoms with E-state index in [-0.39, 0.29) is 4.71 Å². The molecule has 3 N–H and O–H groups in total. The number of nitrogens with one attached hydrogen (secondary N) is 1. The lowest BCUT2D eigenvalue weighted by Crippen LogP contribution is -1.99. The van der Waals surface area contributed by atoms with Crippen LogP contribution in [0.25, 0.3) is 10.9 Å². The van der Waals surface area contributed by atoms with Crippen molar-refractivity contribution in [3.8, 4) is 0 Å². The van der Waals surface area contributed by atoms with E-state index in [0.29, 0.717) is 0 Å². The van der Waals surface area contributed by atoms with Crippen LogP contribution in [0.15, 0.2) is 36.5 Å². The van der Waals surface area contributed by atoms with Gasteiger partial charge in [0.15, 0.2) is 0 Å². The zero-order valence-electron chi connectivity index (χ0n) is 7.01. The SMILES string of the molecule is NC(S)S.c1ccc2[nH]ccc2c1. The highest BCUT2D eigenvalue weighted by molar-refractivity contribution is 7.99. The molecule has 1 aromatic carbocycles. The van der Waals surface area contributed by atoms with Gasteiger partial charge in [0, 0.05) is 11.7 Å². The number of nitrogens with two attached hydrogens (primary N) is 1. The van der Waals surface area contributed by atoms with Crippen molar-refractivity contribution in [2.24, 2.45) is 5.73 Å². The molecule has 0 unspecified atom stereocenters. The molecule has 2 aromatic rings. The topological polar surface area (TPSA) is 41.8 Å². The first-order valence-electron chi connectivity index (χ1n) is 3.84. The predicted molar refractivity (Wildman–Crippen MR) is 64.2 cm³/mol. The molecule has 1 aromatic heterocycles. The molecule has 0 atom stereocenters. The lowest BCUT2D eigenvalue weighted by Gasteiger charge is -1.83. The molecule has 0 fully saturated rings. The summed E-state index contributed by atoms with van der Waals surface area (Å²) >= 11 is 7.22. The van der Waals surface area contributed by atoms with E-state index in [1.807, 2.05) is 18.3 Å². The fourth-order valence-electron chi connectivity index (χ4n) is 0.995. The smallest absolute Gasteiger partial charge is 0.0919 e. The minimum Gasteiger partial charge on any atom is -0.361 e. The number of benzene rings is 1. The number of H-pyrrole nitrogens is 1. The molecule has 2 rings (SSSR count). The van der Waals surface area contributed by atoms with Crippen LogP contribution in [0.1, 0.15) is 0 Å². The molecule has 13 heavy (non-hydrogen) atoms. The molecule has 0 aliphatic heterocycles. The van der Waals surface area contributed by atoms with E-state index in [2.05, 4.69) is 48.4 Å². The number of hydrogen-bond acceptors (Lipinski definition) is 3. The van der Waals surface area contributed by atoms with Crippen LogP contribution >= 0.6 is 25.3 Å². The molecule has 0 aliphatic rings. The zero-order valence-corrected chi connectivity index (χ0v) is 8.80. The van der Waals surface area contributed by atoms with Gasteiger partial charge in [-0.2, -0.15) is 25.3 Å². The van der Waals surface area contributed by atoms with Crippen LogP contribution in [0.3, 0.4) is 0 Å². The molecule has 1 heterocycles. The second-order valence-corrected chi connectivity index (χ2v) is 4.00. The minimum absolute atomic E-state index is 0.278. The molecule has 0 saturated carbocycles. The number of para-hydroxylation sites is 1. The van der Waals surface area contributed by atoms with Crippen LogP contribution in [0.2, 0.25) is 0 Å². The monoisotopic (exact) mass is 212 g/mol. The normalized spacial score (nSPS) is 9.85. The van der Waals surface area contributed by atoms with Gasteiger partial charge in [-0.3, -0.25) is 0 Å². The highest BCUT2D eigenvalue weighted by Crippen LogP contribution is 2.09. The Balaban J connectivity index is 0.000000184. The van der Waals surface area contributed by atoms with Crippen LogP contribution in [0.5, 0.6) is 0 Å². The number of aromatic nitrogens is 1. The Morgan fingerprint density at radius 1 is 1.15 bits per heavy atom. The predicted octanol–water partition coefficient (Wildman–Crippen LogP) is 2.26. The summed E-state index contributed by atoms with van der Waals surface area (Å²) in [5.74, 6) is 0. The average molecular weight is 212 g/mol. The first kappa shape index (κ1) is 10.5. The quantitative estimate of drug-likeness (QED) is 0.393. The van der Waals surface area contributed by atoms with Crippen molar-refractivity contribution in [1.82, 2.24) is 4.98 Å². The summed E-state index contributed by atoms with van der Waals surface area (Å²) in [6.45, 7) is 0. The van der Waals surface area contributed by atoms with Crippen LogP contribution < -0.4 is 5.73 Å². The zero-order chi connectivity index (χ0) is 9.68. The average Bonchev–Trinajstić information content (AvgIpc) is 2.49. The molecule has 2 nitrogen and oxygen atoms in total. The maximum Gasteiger partial charge on any atom is 0.0919 e. The molecular formula is C9H12N2S2. The van der Waals surface area contributed by atoms with Crippen molar-refractivity contribution in [1.29, 1.82) is 0 Å². The van der Waals surface area contributed by atoms with Crippen LogP contribution in [-0.4, -0.2) is 9.69 Å². The largest absolute Gasteiger partial charge is 0.361 e. The standard InChI is InChI=1S/C8H7N.CH5NS2/c1-2-4-8-7(3-1)5-6-9-8;2-1(3)4/h1-6,9H;1,3-4H,2H2. The summed E-state index contributed by atoms with van der Waals surface area (Å²) < 4.78 is -0.278. The fourth-order valence-corrected chi connectivity index (χ4v) is 0.995. The first-order valence-corrected chi connectivity index (χ1v) is 4.87. The van der Waals surface area contributed by atoms with Crippen LogP contribution in [-0.2, 0) is 0 Å². The Labute approximate surface area is 88.3 Å². The van der Waals surface area contributed by atoms with Crippen molar-refractivity contribution in [3.05, 3.63) is 36.5 Å². The van der Waals surface area contributed by atoms with E-state index >= 15 is 0 Å². The number of thiol groups is 2. The molecule has 4 heteroatoms. The number of rotatable bonds is 0. The Morgan fingerprint density at radius 3 is 2.38 bits per heavy atom. The van der Waals surface area contributed by atoms with Gasteiger partial charge in [0.1, 0.15) is 0 Å². The Hall–Kier alpha value is -0.580. The fraction of sp³-hybridized carbons (Fsp3) is 0.111. The molecule has 0 aliphatic carbocycles. The third-order valence-electron chi connectivity index (χ3n) is 1.46. The van der Waals surface area contributed by atoms with Crippen LogP contribution in [0.4, 0.5) is 0 Å². The van der Waals surface area contributed by atoms with Crippen molar-refractivity contribution in [2.75, 3.05) is 0 Å². The van der Waals surface area contributed by atoms with Gasteiger partial charge >= 0.3 is 0 Å². The van der Waals surface area contributed by atoms with Gasteiger partial charge in [-0.05, 0) is 17.5 Å². The molecule has 0 spiro atoms. The van der Waals surface area contributed by atoms with Crippen molar-refractivity contribution >= 4 is 36.2 Å². The summed E-state index contributed by atoms with van der Waals surface area (Å²) in [4.78, 5) is 3.12. The molecule has 0 radical (unpaired) electrons. The van der Waals surface area contributed by atoms with Gasteiger partial charge in [-0.15, -0.1) is 0 Å². The lowest BCUT2D eigenvalue weighted by molar-refractivity contribution is 1.33. The van der Waals surface area contributed by atoms with E-state index < -0.39 is 0 Å². The molecular weight excluding hydrogens is 200 g/mol. The Bertz CT molecular complexity index is 324. The summed E-state index contributed by atoms with van der Waals surface area (Å²) in [6.07, 6.45) is 1.95. The van der Waals surface area contributed by atoms with E-state index in [0.717, 1.165) is 0 Å². The summed E-state index contributed by atoms with van der Waals surface area (Å²) in [5.41, 5.74) is 6.05. The molecule has 0 bridgehead atoms. The van der Waals surface area contributed by atoms with Gasteiger partial charge < -0.3 is 10.7 Å². The van der Waals surface area contributed by atoms with E-state index in [4.69, 9.17) is 5.73 Å². The number of hydrogen-bond donors (Lipinski definition) is 4. The first-order chi connectivity index (χ1) is 6.20. The minimum atomic E-state index is -0.278. The highest BCUT2D eigenvalue weighted by Gasteiger charge is 1.86. The summed E-state index contributed by atoms with van der Waals surface area (Å²) in [6, 6.07) is 10.3. The third-order valence-corrected chi connectivity index (χ3v) is 1.46. The summed E-state index contributed by atoms with van der Waals surface area (Å²) in [5, 5.41) is 1.28. The van der Waals surface area contributed by atoms with Crippen LogP contribution in [0, 0.1) is 0 Å². The van der Waals surface area contributed by atoms with E-state index in [9.17, 15) is 0 Å². The van der Waals surface area contributed by atoms with Crippen molar-refractivity contribution < 1.29 is 0 Å². The van der Waals surface area contributed by atoms with Gasteiger partial charge in [0.25, 0.3) is 0 Å². The van der Waals surface area contributed by atoms with Gasteiger partial charge in [-0.1, -0.05) is 18.2 Å². The highest BCUT2D eigenvalue weighted by atomic mass is 32.2. The number of fused-ring (bicyclic) bond motifs is 1. The van der Waals surface area contributed by atoms with Gasteiger partial charge in [0.2, 0.25) is 0 Å². The second kappa shape index (κ2) is 5.21. The maximum absolute atomic E-state index is 4.84. The molecule has 70 valence electrons. The lowest BCUT2D eigenvalue weighted by atomic mass is 10.3. The third kappa shape index (κ3) is 3.76. The van der Waals surface area contributed by atoms with E-state index in [1.54, 1.807) is 0 Å². The summed E-state index contributed by atoms with van der Waals surface area (Å²) in [7, 11) is 0. The second-order valence-electron chi connectivity index (χ2n) is 2.48. The van der Waals surface area contributed by atoms with Crippen molar-refractivity contribution in [3.63, 3.8) is 0 Å². The van der Waals surface area contributed by atoms with E-state index in [1.165, 1.54) is 10.9 Å². The van der Waals surface area contributed by atoms with Gasteiger partial charge in [-0.25, -0.2) is 0 Å². The Morgan fingerprint density at radius 2 is 1.77 bits per heavy atom. The maximum atomic E-state index is 4.84. The molecule has 0 amide bonds. The number of aromatic amines is 1. The van der Waals surface area contributed by atoms with Crippen molar-refractivity contribution in [2.45, 2.75) is 4.71 Å².